The number of aromatic nitrogens is 2. The van der Waals surface area contributed by atoms with E-state index in [0.29, 0.717) is 22.7 Å². The standard InChI is InChI=1S/C23H17BN2O5/c1-29-18-9-6-15(7-10-18)14-2-4-16(5-3-14)23-25-22(26-31-23)19-12-17(24)8-11-20(19)30-13-21(27)28/h2-12H,13H2,1H3,(H,27,28). The number of rotatable bonds is 7. The fraction of sp³-hybridized carbons (Fsp3) is 0.0870. The molecule has 3 aromatic carbocycles. The Labute approximate surface area is 179 Å². The normalized spacial score (nSPS) is 10.6. The van der Waals surface area contributed by atoms with Crippen LogP contribution in [0.15, 0.2) is 71.3 Å². The van der Waals surface area contributed by atoms with E-state index in [1.807, 2.05) is 48.5 Å². The van der Waals surface area contributed by atoms with Crippen LogP contribution in [-0.2, 0) is 4.79 Å². The monoisotopic (exact) mass is 412 g/mol. The van der Waals surface area contributed by atoms with Crippen molar-refractivity contribution in [3.05, 3.63) is 66.7 Å². The van der Waals surface area contributed by atoms with Crippen molar-refractivity contribution in [2.24, 2.45) is 0 Å². The van der Waals surface area contributed by atoms with Crippen LogP contribution in [-0.4, -0.2) is 42.8 Å². The quantitative estimate of drug-likeness (QED) is 0.466. The molecule has 0 fully saturated rings. The first kappa shape index (κ1) is 20.2. The summed E-state index contributed by atoms with van der Waals surface area (Å²) >= 11 is 0. The Kier molecular flexibility index (Phi) is 5.70. The van der Waals surface area contributed by atoms with E-state index in [1.54, 1.807) is 25.3 Å². The highest BCUT2D eigenvalue weighted by Crippen LogP contribution is 2.30. The summed E-state index contributed by atoms with van der Waals surface area (Å²) in [6.45, 7) is -0.492. The average Bonchev–Trinajstić information content (AvgIpc) is 3.28. The van der Waals surface area contributed by atoms with Crippen molar-refractivity contribution in [2.75, 3.05) is 13.7 Å². The molecule has 0 bridgehead atoms. The second kappa shape index (κ2) is 8.75. The maximum Gasteiger partial charge on any atom is 0.341 e. The number of carbonyl (C=O) groups is 1. The third-order valence-electron chi connectivity index (χ3n) is 4.58. The highest BCUT2D eigenvalue weighted by atomic mass is 16.5. The summed E-state index contributed by atoms with van der Waals surface area (Å²) in [7, 11) is 7.50. The van der Waals surface area contributed by atoms with E-state index < -0.39 is 12.6 Å². The van der Waals surface area contributed by atoms with Crippen LogP contribution in [0.2, 0.25) is 0 Å². The van der Waals surface area contributed by atoms with Crippen LogP contribution >= 0.6 is 0 Å². The first-order chi connectivity index (χ1) is 15.0. The molecule has 0 aliphatic carbocycles. The molecular weight excluding hydrogens is 395 g/mol. The number of hydrogen-bond acceptors (Lipinski definition) is 6. The van der Waals surface area contributed by atoms with Gasteiger partial charge >= 0.3 is 5.97 Å². The fourth-order valence-electron chi connectivity index (χ4n) is 3.03. The van der Waals surface area contributed by atoms with Crippen LogP contribution in [0.4, 0.5) is 0 Å². The van der Waals surface area contributed by atoms with Gasteiger partial charge in [0.15, 0.2) is 6.61 Å². The molecule has 1 N–H and O–H groups in total. The largest absolute Gasteiger partial charge is 0.497 e. The number of hydrogen-bond donors (Lipinski definition) is 1. The van der Waals surface area contributed by atoms with Gasteiger partial charge in [-0.25, -0.2) is 4.79 Å². The van der Waals surface area contributed by atoms with Crippen molar-refractivity contribution in [3.63, 3.8) is 0 Å². The maximum atomic E-state index is 10.8. The molecule has 0 aliphatic heterocycles. The summed E-state index contributed by atoms with van der Waals surface area (Å²) in [5.74, 6) is 0.587. The van der Waals surface area contributed by atoms with Crippen molar-refractivity contribution in [1.29, 1.82) is 0 Å². The molecule has 0 amide bonds. The zero-order valence-corrected chi connectivity index (χ0v) is 16.6. The lowest BCUT2D eigenvalue weighted by molar-refractivity contribution is -0.139. The van der Waals surface area contributed by atoms with Crippen LogP contribution in [0.3, 0.4) is 0 Å². The summed E-state index contributed by atoms with van der Waals surface area (Å²) in [5.41, 5.74) is 3.75. The lowest BCUT2D eigenvalue weighted by Gasteiger charge is -2.08. The van der Waals surface area contributed by atoms with E-state index >= 15 is 0 Å². The predicted octanol–water partition coefficient (Wildman–Crippen LogP) is 3.34. The lowest BCUT2D eigenvalue weighted by atomic mass is 9.94. The van der Waals surface area contributed by atoms with E-state index in [1.165, 1.54) is 0 Å². The van der Waals surface area contributed by atoms with Crippen LogP contribution in [0.25, 0.3) is 34.0 Å². The molecule has 0 saturated heterocycles. The van der Waals surface area contributed by atoms with Gasteiger partial charge in [0.05, 0.1) is 12.7 Å². The Morgan fingerprint density at radius 3 is 2.29 bits per heavy atom. The van der Waals surface area contributed by atoms with Gasteiger partial charge in [0.1, 0.15) is 19.3 Å². The summed E-state index contributed by atoms with van der Waals surface area (Å²) in [4.78, 5) is 15.3. The molecule has 4 aromatic rings. The Morgan fingerprint density at radius 2 is 1.65 bits per heavy atom. The molecule has 1 heterocycles. The molecular formula is C23H17BN2O5. The number of nitrogens with zero attached hydrogens (tertiary/aromatic N) is 2. The van der Waals surface area contributed by atoms with E-state index in [4.69, 9.17) is 26.9 Å². The first-order valence-electron chi connectivity index (χ1n) is 9.36. The zero-order chi connectivity index (χ0) is 21.8. The van der Waals surface area contributed by atoms with E-state index in [-0.39, 0.29) is 5.82 Å². The lowest BCUT2D eigenvalue weighted by Crippen LogP contribution is -2.11. The zero-order valence-electron chi connectivity index (χ0n) is 16.6. The Balaban J connectivity index is 1.59. The molecule has 152 valence electrons. The van der Waals surface area contributed by atoms with E-state index in [9.17, 15) is 4.79 Å². The van der Waals surface area contributed by atoms with Crippen LogP contribution < -0.4 is 14.9 Å². The van der Waals surface area contributed by atoms with Crippen molar-refractivity contribution in [2.45, 2.75) is 0 Å². The summed E-state index contributed by atoms with van der Waals surface area (Å²) in [6.07, 6.45) is 0. The highest BCUT2D eigenvalue weighted by Gasteiger charge is 2.16. The molecule has 31 heavy (non-hydrogen) atoms. The van der Waals surface area contributed by atoms with Gasteiger partial charge in [-0.15, -0.1) is 0 Å². The molecule has 8 heteroatoms. The molecule has 0 saturated carbocycles. The maximum absolute atomic E-state index is 10.8. The number of aliphatic carboxylic acids is 1. The predicted molar refractivity (Wildman–Crippen MR) is 116 cm³/mol. The second-order valence-corrected chi connectivity index (χ2v) is 6.67. The van der Waals surface area contributed by atoms with Crippen molar-refractivity contribution in [3.8, 4) is 45.5 Å². The van der Waals surface area contributed by atoms with Gasteiger partial charge in [0.25, 0.3) is 5.89 Å². The highest BCUT2D eigenvalue weighted by molar-refractivity contribution is 6.32. The van der Waals surface area contributed by atoms with Gasteiger partial charge in [-0.3, -0.25) is 0 Å². The van der Waals surface area contributed by atoms with Gasteiger partial charge in [0.2, 0.25) is 5.82 Å². The van der Waals surface area contributed by atoms with E-state index in [2.05, 4.69) is 10.1 Å². The van der Waals surface area contributed by atoms with Gasteiger partial charge in [0, 0.05) is 5.56 Å². The van der Waals surface area contributed by atoms with Gasteiger partial charge < -0.3 is 19.1 Å². The first-order valence-corrected chi connectivity index (χ1v) is 9.36. The summed E-state index contributed by atoms with van der Waals surface area (Å²) < 4.78 is 15.9. The minimum atomic E-state index is -1.09. The molecule has 0 aliphatic rings. The number of carboxylic acids is 1. The SMILES string of the molecule is [B]c1ccc(OCC(=O)O)c(-c2noc(-c3ccc(-c4ccc(OC)cc4)cc3)n2)c1. The van der Waals surface area contributed by atoms with Gasteiger partial charge in [-0.2, -0.15) is 4.98 Å². The molecule has 0 atom stereocenters. The molecule has 2 radical (unpaired) electrons. The minimum Gasteiger partial charge on any atom is -0.497 e. The average molecular weight is 412 g/mol. The molecule has 0 unspecified atom stereocenters. The minimum absolute atomic E-state index is 0.252. The van der Waals surface area contributed by atoms with Gasteiger partial charge in [-0.05, 0) is 41.5 Å². The topological polar surface area (TPSA) is 94.7 Å². The fourth-order valence-corrected chi connectivity index (χ4v) is 3.03. The van der Waals surface area contributed by atoms with Crippen molar-refractivity contribution < 1.29 is 23.9 Å². The molecule has 7 nitrogen and oxygen atoms in total. The van der Waals surface area contributed by atoms with Crippen LogP contribution in [0.5, 0.6) is 11.5 Å². The second-order valence-electron chi connectivity index (χ2n) is 6.67. The Morgan fingerprint density at radius 1 is 1.00 bits per heavy atom. The Hall–Kier alpha value is -4.07. The van der Waals surface area contributed by atoms with E-state index in [0.717, 1.165) is 22.4 Å². The van der Waals surface area contributed by atoms with Crippen LogP contribution in [0, 0.1) is 0 Å². The van der Waals surface area contributed by atoms with Crippen molar-refractivity contribution >= 4 is 19.3 Å². The summed E-state index contributed by atoms with van der Waals surface area (Å²) in [6, 6.07) is 20.3. The molecule has 1 aromatic heterocycles. The number of methoxy groups -OCH3 is 1. The molecule has 0 spiro atoms. The molecule has 4 rings (SSSR count). The number of carboxylic acid groups (broad SMARTS) is 1. The smallest absolute Gasteiger partial charge is 0.341 e. The van der Waals surface area contributed by atoms with Crippen LogP contribution in [0.1, 0.15) is 0 Å². The number of ether oxygens (including phenoxy) is 2. The Bertz CT molecular complexity index is 1200. The third kappa shape index (κ3) is 4.58. The van der Waals surface area contributed by atoms with Gasteiger partial charge in [-0.1, -0.05) is 47.0 Å². The number of benzene rings is 3. The third-order valence-corrected chi connectivity index (χ3v) is 4.58. The summed E-state index contributed by atoms with van der Waals surface area (Å²) in [5, 5.41) is 12.9. The van der Waals surface area contributed by atoms with Crippen molar-refractivity contribution in [1.82, 2.24) is 10.1 Å².